The molecule has 0 spiro atoms. The third kappa shape index (κ3) is 2.88. The number of nitrogens with zero attached hydrogens (tertiary/aromatic N) is 1. The summed E-state index contributed by atoms with van der Waals surface area (Å²) in [6.45, 7) is 1.68. The molecule has 0 saturated heterocycles. The molecule has 5 nitrogen and oxygen atoms in total. The number of carbonyl (C=O) groups excluding carboxylic acids is 1. The van der Waals surface area contributed by atoms with Crippen LogP contribution in [0.15, 0.2) is 18.2 Å². The molecule has 0 aromatic heterocycles. The van der Waals surface area contributed by atoms with Crippen LogP contribution in [0.25, 0.3) is 0 Å². The van der Waals surface area contributed by atoms with Crippen molar-refractivity contribution in [2.45, 2.75) is 13.0 Å². The van der Waals surface area contributed by atoms with E-state index in [0.717, 1.165) is 0 Å². The summed E-state index contributed by atoms with van der Waals surface area (Å²) in [7, 11) is 3.13. The van der Waals surface area contributed by atoms with Crippen LogP contribution in [-0.4, -0.2) is 42.7 Å². The fourth-order valence-corrected chi connectivity index (χ4v) is 1.40. The molecule has 0 aliphatic heterocycles. The summed E-state index contributed by atoms with van der Waals surface area (Å²) < 4.78 is 5.12. The number of aliphatic hydroxyl groups is 1. The highest BCUT2D eigenvalue weighted by molar-refractivity contribution is 5.97. The van der Waals surface area contributed by atoms with Gasteiger partial charge in [0.1, 0.15) is 5.75 Å². The van der Waals surface area contributed by atoms with Crippen LogP contribution in [0.1, 0.15) is 17.3 Å². The van der Waals surface area contributed by atoms with E-state index in [1.165, 1.54) is 12.0 Å². The third-order valence-corrected chi connectivity index (χ3v) is 2.70. The van der Waals surface area contributed by atoms with Crippen molar-refractivity contribution in [2.24, 2.45) is 0 Å². The van der Waals surface area contributed by atoms with E-state index in [9.17, 15) is 4.79 Å². The van der Waals surface area contributed by atoms with Crippen LogP contribution in [0, 0.1) is 0 Å². The maximum absolute atomic E-state index is 12.1. The van der Waals surface area contributed by atoms with Gasteiger partial charge in [-0.25, -0.2) is 0 Å². The normalized spacial score (nSPS) is 12.0. The fourth-order valence-electron chi connectivity index (χ4n) is 1.40. The number of aliphatic hydroxyl groups excluding tert-OH is 1. The molecule has 17 heavy (non-hydrogen) atoms. The number of hydrogen-bond donors (Lipinski definition) is 2. The van der Waals surface area contributed by atoms with E-state index in [4.69, 9.17) is 15.6 Å². The van der Waals surface area contributed by atoms with Gasteiger partial charge in [-0.1, -0.05) is 0 Å². The van der Waals surface area contributed by atoms with Gasteiger partial charge in [0.15, 0.2) is 0 Å². The first-order valence-corrected chi connectivity index (χ1v) is 5.32. The monoisotopic (exact) mass is 238 g/mol. The molecule has 3 N–H and O–H groups in total. The summed E-state index contributed by atoms with van der Waals surface area (Å²) in [6, 6.07) is 4.62. The number of anilines is 1. The minimum atomic E-state index is -0.246. The SMILES string of the molecule is COc1cc(N)ccc1C(=O)N(C)C(C)CO. The minimum Gasteiger partial charge on any atom is -0.496 e. The number of nitrogen functional groups attached to an aromatic ring is 1. The Bertz CT molecular complexity index is 407. The Morgan fingerprint density at radius 3 is 2.76 bits per heavy atom. The Kier molecular flexibility index (Phi) is 4.34. The molecule has 0 aliphatic rings. The zero-order chi connectivity index (χ0) is 13.0. The largest absolute Gasteiger partial charge is 0.496 e. The molecule has 1 amide bonds. The van der Waals surface area contributed by atoms with Crippen molar-refractivity contribution in [3.63, 3.8) is 0 Å². The third-order valence-electron chi connectivity index (χ3n) is 2.70. The molecule has 0 bridgehead atoms. The molecule has 94 valence electrons. The van der Waals surface area contributed by atoms with Gasteiger partial charge in [0.2, 0.25) is 0 Å². The number of rotatable bonds is 4. The second-order valence-corrected chi connectivity index (χ2v) is 3.91. The van der Waals surface area contributed by atoms with Crippen molar-refractivity contribution in [1.82, 2.24) is 4.90 Å². The lowest BCUT2D eigenvalue weighted by atomic mass is 10.1. The Labute approximate surface area is 101 Å². The summed E-state index contributed by atoms with van der Waals surface area (Å²) >= 11 is 0. The van der Waals surface area contributed by atoms with Gasteiger partial charge < -0.3 is 20.5 Å². The highest BCUT2D eigenvalue weighted by Crippen LogP contribution is 2.23. The molecular formula is C12H18N2O3. The first kappa shape index (κ1) is 13.3. The zero-order valence-electron chi connectivity index (χ0n) is 10.3. The molecule has 0 radical (unpaired) electrons. The summed E-state index contributed by atoms with van der Waals surface area (Å²) in [6.07, 6.45) is 0. The standard InChI is InChI=1S/C12H18N2O3/c1-8(7-15)14(2)12(16)10-5-4-9(13)6-11(10)17-3/h4-6,8,15H,7,13H2,1-3H3. The Hall–Kier alpha value is -1.75. The first-order valence-electron chi connectivity index (χ1n) is 5.32. The van der Waals surface area contributed by atoms with Crippen LogP contribution < -0.4 is 10.5 Å². The number of benzene rings is 1. The van der Waals surface area contributed by atoms with Crippen LogP contribution >= 0.6 is 0 Å². The van der Waals surface area contributed by atoms with E-state index in [-0.39, 0.29) is 18.6 Å². The van der Waals surface area contributed by atoms with Crippen molar-refractivity contribution in [3.8, 4) is 5.75 Å². The van der Waals surface area contributed by atoms with E-state index in [1.54, 1.807) is 32.2 Å². The lowest BCUT2D eigenvalue weighted by molar-refractivity contribution is 0.0679. The predicted molar refractivity (Wildman–Crippen MR) is 66.0 cm³/mol. The summed E-state index contributed by atoms with van der Waals surface area (Å²) in [5, 5.41) is 9.03. The van der Waals surface area contributed by atoms with Gasteiger partial charge in [-0.3, -0.25) is 4.79 Å². The highest BCUT2D eigenvalue weighted by atomic mass is 16.5. The van der Waals surface area contributed by atoms with Gasteiger partial charge in [0.05, 0.1) is 25.3 Å². The lowest BCUT2D eigenvalue weighted by Gasteiger charge is -2.24. The molecular weight excluding hydrogens is 220 g/mol. The van der Waals surface area contributed by atoms with Gasteiger partial charge in [0, 0.05) is 18.8 Å². The first-order chi connectivity index (χ1) is 8.01. The van der Waals surface area contributed by atoms with Crippen molar-refractivity contribution in [3.05, 3.63) is 23.8 Å². The average Bonchev–Trinajstić information content (AvgIpc) is 2.35. The number of hydrogen-bond acceptors (Lipinski definition) is 4. The molecule has 0 heterocycles. The van der Waals surface area contributed by atoms with E-state index in [1.807, 2.05) is 0 Å². The minimum absolute atomic E-state index is 0.0838. The number of carbonyl (C=O) groups is 1. The average molecular weight is 238 g/mol. The van der Waals surface area contributed by atoms with Crippen molar-refractivity contribution in [1.29, 1.82) is 0 Å². The highest BCUT2D eigenvalue weighted by Gasteiger charge is 2.20. The van der Waals surface area contributed by atoms with E-state index in [2.05, 4.69) is 0 Å². The van der Waals surface area contributed by atoms with E-state index >= 15 is 0 Å². The molecule has 1 aromatic rings. The maximum atomic E-state index is 12.1. The number of nitrogens with two attached hydrogens (primary N) is 1. The summed E-state index contributed by atoms with van der Waals surface area (Å²) in [5.74, 6) is 0.232. The second kappa shape index (κ2) is 5.54. The van der Waals surface area contributed by atoms with Gasteiger partial charge in [-0.15, -0.1) is 0 Å². The molecule has 5 heteroatoms. The molecule has 1 atom stereocenters. The second-order valence-electron chi connectivity index (χ2n) is 3.91. The predicted octanol–water partition coefficient (Wildman–Crippen LogP) is 0.730. The molecule has 0 aliphatic carbocycles. The topological polar surface area (TPSA) is 75.8 Å². The maximum Gasteiger partial charge on any atom is 0.257 e. The molecule has 1 unspecified atom stereocenters. The van der Waals surface area contributed by atoms with Crippen molar-refractivity contribution >= 4 is 11.6 Å². The number of ether oxygens (including phenoxy) is 1. The lowest BCUT2D eigenvalue weighted by Crippen LogP contribution is -2.37. The van der Waals surface area contributed by atoms with Crippen LogP contribution in [-0.2, 0) is 0 Å². The summed E-state index contributed by atoms with van der Waals surface area (Å²) in [4.78, 5) is 13.6. The molecule has 1 rings (SSSR count). The van der Waals surface area contributed by atoms with Crippen LogP contribution in [0.4, 0.5) is 5.69 Å². The van der Waals surface area contributed by atoms with Gasteiger partial charge >= 0.3 is 0 Å². The Morgan fingerprint density at radius 1 is 1.59 bits per heavy atom. The van der Waals surface area contributed by atoms with E-state index in [0.29, 0.717) is 17.0 Å². The molecule has 0 saturated carbocycles. The van der Waals surface area contributed by atoms with Crippen LogP contribution in [0.2, 0.25) is 0 Å². The van der Waals surface area contributed by atoms with Crippen LogP contribution in [0.3, 0.4) is 0 Å². The molecule has 1 aromatic carbocycles. The molecule has 0 fully saturated rings. The number of likely N-dealkylation sites (N-methyl/N-ethyl adjacent to an activating group) is 1. The van der Waals surface area contributed by atoms with Crippen LogP contribution in [0.5, 0.6) is 5.75 Å². The smallest absolute Gasteiger partial charge is 0.257 e. The van der Waals surface area contributed by atoms with Gasteiger partial charge in [0.25, 0.3) is 5.91 Å². The quantitative estimate of drug-likeness (QED) is 0.758. The van der Waals surface area contributed by atoms with Crippen molar-refractivity contribution in [2.75, 3.05) is 26.5 Å². The van der Waals surface area contributed by atoms with E-state index < -0.39 is 0 Å². The Morgan fingerprint density at radius 2 is 2.24 bits per heavy atom. The fraction of sp³-hybridized carbons (Fsp3) is 0.417. The Balaban J connectivity index is 3.03. The van der Waals surface area contributed by atoms with Gasteiger partial charge in [-0.2, -0.15) is 0 Å². The number of amides is 1. The van der Waals surface area contributed by atoms with Gasteiger partial charge in [-0.05, 0) is 19.1 Å². The zero-order valence-corrected chi connectivity index (χ0v) is 10.3. The van der Waals surface area contributed by atoms with Crippen molar-refractivity contribution < 1.29 is 14.6 Å². The summed E-state index contributed by atoms with van der Waals surface area (Å²) in [5.41, 5.74) is 6.59. The number of methoxy groups -OCH3 is 1.